The molecule has 198 valence electrons. The van der Waals surface area contributed by atoms with Gasteiger partial charge < -0.3 is 14.8 Å². The number of nitrogens with one attached hydrogen (secondary N) is 2. The van der Waals surface area contributed by atoms with Crippen LogP contribution in [0.1, 0.15) is 40.3 Å². The third-order valence-electron chi connectivity index (χ3n) is 8.57. The molecule has 39 heavy (non-hydrogen) atoms. The van der Waals surface area contributed by atoms with E-state index in [0.717, 1.165) is 90.4 Å². The zero-order valence-electron chi connectivity index (χ0n) is 22.1. The van der Waals surface area contributed by atoms with Gasteiger partial charge in [0.05, 0.1) is 36.9 Å². The van der Waals surface area contributed by atoms with Crippen molar-refractivity contribution in [3.05, 3.63) is 88.6 Å². The van der Waals surface area contributed by atoms with Crippen molar-refractivity contribution in [2.75, 3.05) is 45.3 Å². The smallest absolute Gasteiger partial charge is 0.235 e. The number of methoxy groups -OCH3 is 1. The highest BCUT2D eigenvalue weighted by atomic mass is 16.5. The molecule has 1 spiro atoms. The summed E-state index contributed by atoms with van der Waals surface area (Å²) in [5, 5.41) is 11.9. The Labute approximate surface area is 227 Å². The Hall–Kier alpha value is -3.94. The van der Waals surface area contributed by atoms with Crippen LogP contribution in [0.3, 0.4) is 0 Å². The molecular weight excluding hydrogens is 488 g/mol. The normalized spacial score (nSPS) is 22.5. The van der Waals surface area contributed by atoms with E-state index in [-0.39, 0.29) is 11.8 Å². The standard InChI is InChI=1S/C32H32N4O3/c1-38-24-8-11-29-26(19-24)32(31(37)33-29)20-27(32)23-7-9-25-28(34-35-30(25)18-23)10-6-21-2-4-22(5-3-21)12-13-36-14-16-39-17-15-36/h2-11,18-19,27H,12-17,20H2,1H3,(H,33,37)(H,34,35)/b10-6+. The van der Waals surface area contributed by atoms with Crippen molar-refractivity contribution in [2.45, 2.75) is 24.2 Å². The van der Waals surface area contributed by atoms with Crippen LogP contribution in [-0.4, -0.2) is 61.0 Å². The maximum absolute atomic E-state index is 13.0. The second kappa shape index (κ2) is 9.67. The number of carbonyl (C=O) groups is 1. The molecule has 2 N–H and O–H groups in total. The Kier molecular flexibility index (Phi) is 5.98. The van der Waals surface area contributed by atoms with E-state index in [4.69, 9.17) is 9.47 Å². The lowest BCUT2D eigenvalue weighted by molar-refractivity contribution is -0.118. The van der Waals surface area contributed by atoms with Gasteiger partial charge in [-0.1, -0.05) is 42.5 Å². The van der Waals surface area contributed by atoms with Crippen molar-refractivity contribution in [2.24, 2.45) is 0 Å². The topological polar surface area (TPSA) is 79.5 Å². The fourth-order valence-electron chi connectivity index (χ4n) is 6.18. The van der Waals surface area contributed by atoms with E-state index in [1.165, 1.54) is 5.56 Å². The minimum absolute atomic E-state index is 0.0798. The number of rotatable bonds is 7. The van der Waals surface area contributed by atoms with Crippen molar-refractivity contribution in [1.29, 1.82) is 0 Å². The molecule has 1 aromatic heterocycles. The number of aromatic nitrogens is 2. The number of amides is 1. The Morgan fingerprint density at radius 2 is 1.92 bits per heavy atom. The van der Waals surface area contributed by atoms with Crippen molar-refractivity contribution in [1.82, 2.24) is 15.1 Å². The number of hydrogen-bond acceptors (Lipinski definition) is 5. The lowest BCUT2D eigenvalue weighted by Gasteiger charge is -2.26. The Morgan fingerprint density at radius 1 is 1.08 bits per heavy atom. The average molecular weight is 521 g/mol. The van der Waals surface area contributed by atoms with Crippen LogP contribution >= 0.6 is 0 Å². The van der Waals surface area contributed by atoms with E-state index in [2.05, 4.69) is 75.0 Å². The molecular formula is C32H32N4O3. The first-order valence-corrected chi connectivity index (χ1v) is 13.7. The summed E-state index contributed by atoms with van der Waals surface area (Å²) in [6.45, 7) is 4.82. The SMILES string of the molecule is COc1ccc2c(c1)C1(CC1c1ccc3c(/C=C/c4ccc(CCN5CCOCC5)cc4)n[nH]c3c1)C(=O)N2. The van der Waals surface area contributed by atoms with Crippen LogP contribution in [0.5, 0.6) is 5.75 Å². The molecule has 0 radical (unpaired) electrons. The molecule has 2 atom stereocenters. The average Bonchev–Trinajstić information content (AvgIpc) is 3.52. The minimum Gasteiger partial charge on any atom is -0.497 e. The number of nitrogens with zero attached hydrogens (tertiary/aromatic N) is 2. The van der Waals surface area contributed by atoms with E-state index in [1.807, 2.05) is 18.2 Å². The third kappa shape index (κ3) is 4.32. The predicted octanol–water partition coefficient (Wildman–Crippen LogP) is 4.99. The number of hydrogen-bond donors (Lipinski definition) is 2. The van der Waals surface area contributed by atoms with Crippen LogP contribution in [0.2, 0.25) is 0 Å². The second-order valence-electron chi connectivity index (χ2n) is 10.8. The van der Waals surface area contributed by atoms with E-state index in [0.29, 0.717) is 0 Å². The molecule has 1 aliphatic carbocycles. The van der Waals surface area contributed by atoms with Gasteiger partial charge in [0.2, 0.25) is 5.91 Å². The summed E-state index contributed by atoms with van der Waals surface area (Å²) >= 11 is 0. The van der Waals surface area contributed by atoms with Crippen LogP contribution in [-0.2, 0) is 21.4 Å². The van der Waals surface area contributed by atoms with Gasteiger partial charge in [-0.15, -0.1) is 0 Å². The number of morpholine rings is 1. The predicted molar refractivity (Wildman–Crippen MR) is 153 cm³/mol. The summed E-state index contributed by atoms with van der Waals surface area (Å²) in [5.41, 5.74) is 6.98. The van der Waals surface area contributed by atoms with E-state index < -0.39 is 5.41 Å². The fourth-order valence-corrected chi connectivity index (χ4v) is 6.18. The molecule has 0 bridgehead atoms. The zero-order chi connectivity index (χ0) is 26.4. The van der Waals surface area contributed by atoms with Gasteiger partial charge >= 0.3 is 0 Å². The van der Waals surface area contributed by atoms with E-state index in [9.17, 15) is 4.79 Å². The van der Waals surface area contributed by atoms with Crippen molar-refractivity contribution in [3.8, 4) is 5.75 Å². The first-order chi connectivity index (χ1) is 19.1. The molecule has 3 aromatic carbocycles. The van der Waals surface area contributed by atoms with Gasteiger partial charge in [0.25, 0.3) is 0 Å². The van der Waals surface area contributed by atoms with Gasteiger partial charge in [0.1, 0.15) is 5.75 Å². The van der Waals surface area contributed by atoms with Crippen LogP contribution in [0.15, 0.2) is 60.7 Å². The highest BCUT2D eigenvalue weighted by molar-refractivity contribution is 6.10. The summed E-state index contributed by atoms with van der Waals surface area (Å²) in [6, 6.07) is 21.0. The number of ether oxygens (including phenoxy) is 2. The number of fused-ring (bicyclic) bond motifs is 3. The molecule has 1 saturated heterocycles. The molecule has 1 amide bonds. The minimum atomic E-state index is -0.505. The summed E-state index contributed by atoms with van der Waals surface area (Å²) in [4.78, 5) is 15.5. The second-order valence-corrected chi connectivity index (χ2v) is 10.8. The van der Waals surface area contributed by atoms with Gasteiger partial charge in [0.15, 0.2) is 0 Å². The van der Waals surface area contributed by atoms with E-state index in [1.54, 1.807) is 7.11 Å². The molecule has 2 fully saturated rings. The molecule has 7 nitrogen and oxygen atoms in total. The molecule has 4 aromatic rings. The maximum Gasteiger partial charge on any atom is 0.235 e. The summed E-state index contributed by atoms with van der Waals surface area (Å²) < 4.78 is 10.9. The van der Waals surface area contributed by atoms with Gasteiger partial charge in [-0.3, -0.25) is 14.8 Å². The number of benzene rings is 3. The van der Waals surface area contributed by atoms with Crippen LogP contribution in [0, 0.1) is 0 Å². The third-order valence-corrected chi connectivity index (χ3v) is 8.57. The number of H-pyrrole nitrogens is 1. The molecule has 3 aliphatic rings. The van der Waals surface area contributed by atoms with Crippen LogP contribution < -0.4 is 10.1 Å². The van der Waals surface area contributed by atoms with Crippen molar-refractivity contribution in [3.63, 3.8) is 0 Å². The summed E-state index contributed by atoms with van der Waals surface area (Å²) in [6.07, 6.45) is 6.03. The lowest BCUT2D eigenvalue weighted by Crippen LogP contribution is -2.37. The number of carbonyl (C=O) groups excluding carboxylic acids is 1. The lowest BCUT2D eigenvalue weighted by atomic mass is 9.91. The molecule has 3 heterocycles. The number of anilines is 1. The molecule has 7 rings (SSSR count). The molecule has 2 unspecified atom stereocenters. The highest BCUT2D eigenvalue weighted by Crippen LogP contribution is 2.65. The molecule has 1 saturated carbocycles. The zero-order valence-corrected chi connectivity index (χ0v) is 22.1. The number of aromatic amines is 1. The molecule has 2 aliphatic heterocycles. The Bertz CT molecular complexity index is 1570. The van der Waals surface area contributed by atoms with Crippen LogP contribution in [0.4, 0.5) is 5.69 Å². The monoisotopic (exact) mass is 520 g/mol. The van der Waals surface area contributed by atoms with Gasteiger partial charge in [0, 0.05) is 36.6 Å². The van der Waals surface area contributed by atoms with Crippen molar-refractivity contribution >= 4 is 34.6 Å². The van der Waals surface area contributed by atoms with E-state index >= 15 is 0 Å². The summed E-state index contributed by atoms with van der Waals surface area (Å²) in [5.74, 6) is 0.994. The maximum atomic E-state index is 13.0. The quantitative estimate of drug-likeness (QED) is 0.359. The Morgan fingerprint density at radius 3 is 2.74 bits per heavy atom. The Balaban J connectivity index is 1.05. The van der Waals surface area contributed by atoms with Crippen molar-refractivity contribution < 1.29 is 14.3 Å². The van der Waals surface area contributed by atoms with Crippen LogP contribution in [0.25, 0.3) is 23.1 Å². The fraction of sp³-hybridized carbons (Fsp3) is 0.312. The first-order valence-electron chi connectivity index (χ1n) is 13.7. The first kappa shape index (κ1) is 24.1. The van der Waals surface area contributed by atoms with Gasteiger partial charge in [-0.05, 0) is 65.4 Å². The highest BCUT2D eigenvalue weighted by Gasteiger charge is 2.65. The van der Waals surface area contributed by atoms with Gasteiger partial charge in [-0.25, -0.2) is 0 Å². The summed E-state index contributed by atoms with van der Waals surface area (Å²) in [7, 11) is 1.66. The largest absolute Gasteiger partial charge is 0.497 e. The van der Waals surface area contributed by atoms with Gasteiger partial charge in [-0.2, -0.15) is 5.10 Å². The molecule has 7 heteroatoms.